The zero-order valence-corrected chi connectivity index (χ0v) is 31.2. The van der Waals surface area contributed by atoms with Crippen molar-refractivity contribution < 1.29 is 32.1 Å². The first-order valence-corrected chi connectivity index (χ1v) is 19.9. The van der Waals surface area contributed by atoms with E-state index >= 15 is 0 Å². The number of nitrogens with zero attached hydrogens (tertiary/aromatic N) is 2. The average molecular weight is 766 g/mol. The van der Waals surface area contributed by atoms with E-state index in [4.69, 9.17) is 4.74 Å². The van der Waals surface area contributed by atoms with E-state index in [0.29, 0.717) is 31.4 Å². The van der Waals surface area contributed by atoms with Crippen LogP contribution >= 0.6 is 7.92 Å². The quantitative estimate of drug-likeness (QED) is 0.0259. The fraction of sp³-hybridized carbons (Fsp3) is 0.175. The first kappa shape index (κ1) is 39.5. The number of aromatic nitrogens is 1. The van der Waals surface area contributed by atoms with Crippen molar-refractivity contribution in [2.24, 2.45) is 5.10 Å². The van der Waals surface area contributed by atoms with E-state index in [-0.39, 0.29) is 34.2 Å². The molecule has 278 valence electrons. The van der Waals surface area contributed by atoms with Gasteiger partial charge in [-0.05, 0) is 73.4 Å². The highest BCUT2D eigenvalue weighted by molar-refractivity contribution is 7.86. The molecule has 1 heterocycles. The molecule has 2 amide bonds. The van der Waals surface area contributed by atoms with E-state index in [9.17, 15) is 27.4 Å². The minimum Gasteiger partial charge on any atom is -0.469 e. The number of carbonyl (C=O) groups excluding carboxylic acids is 3. The van der Waals surface area contributed by atoms with Crippen LogP contribution in [0.1, 0.15) is 52.0 Å². The van der Waals surface area contributed by atoms with Crippen LogP contribution in [0.5, 0.6) is 0 Å². The molecule has 12 nitrogen and oxygen atoms in total. The molecule has 0 saturated heterocycles. The van der Waals surface area contributed by atoms with Crippen molar-refractivity contribution in [2.45, 2.75) is 36.6 Å². The Labute approximate surface area is 315 Å². The lowest BCUT2D eigenvalue weighted by Gasteiger charge is -2.19. The largest absolute Gasteiger partial charge is 0.469 e. The van der Waals surface area contributed by atoms with Gasteiger partial charge in [0.1, 0.15) is 10.7 Å². The highest BCUT2D eigenvalue weighted by Gasteiger charge is 2.19. The molecule has 4 aromatic carbocycles. The second-order valence-corrected chi connectivity index (χ2v) is 15.7. The summed E-state index contributed by atoms with van der Waals surface area (Å²) < 4.78 is 37.4. The molecule has 0 aliphatic rings. The van der Waals surface area contributed by atoms with Gasteiger partial charge in [-0.25, -0.2) is 4.98 Å². The third-order valence-electron chi connectivity index (χ3n) is 8.26. The number of anilines is 1. The molecule has 0 fully saturated rings. The molecule has 0 saturated carbocycles. The van der Waals surface area contributed by atoms with Crippen molar-refractivity contribution in [3.8, 4) is 0 Å². The summed E-state index contributed by atoms with van der Waals surface area (Å²) in [6.07, 6.45) is 4.26. The lowest BCUT2D eigenvalue weighted by Crippen LogP contribution is -2.37. The van der Waals surface area contributed by atoms with Crippen LogP contribution in [0.4, 0.5) is 5.82 Å². The van der Waals surface area contributed by atoms with E-state index in [2.05, 4.69) is 50.4 Å². The van der Waals surface area contributed by atoms with E-state index in [1.165, 1.54) is 60.5 Å². The molecular weight excluding hydrogens is 726 g/mol. The van der Waals surface area contributed by atoms with Gasteiger partial charge >= 0.3 is 5.97 Å². The van der Waals surface area contributed by atoms with Gasteiger partial charge in [0.15, 0.2) is 0 Å². The normalized spacial score (nSPS) is 11.9. The van der Waals surface area contributed by atoms with Crippen LogP contribution in [0, 0.1) is 0 Å². The molecule has 0 aliphatic carbocycles. The monoisotopic (exact) mass is 765 g/mol. The van der Waals surface area contributed by atoms with Crippen molar-refractivity contribution >= 4 is 63.8 Å². The number of benzene rings is 4. The summed E-state index contributed by atoms with van der Waals surface area (Å²) in [5, 5.41) is 13.4. The second kappa shape index (κ2) is 19.4. The summed E-state index contributed by atoms with van der Waals surface area (Å²) in [6, 6.07) is 36.8. The Kier molecular flexibility index (Phi) is 14.1. The molecule has 0 aliphatic heterocycles. The number of hydrogen-bond acceptors (Lipinski definition) is 9. The summed E-state index contributed by atoms with van der Waals surface area (Å²) in [4.78, 5) is 42.0. The third kappa shape index (κ3) is 11.4. The Morgan fingerprint density at radius 2 is 1.41 bits per heavy atom. The van der Waals surface area contributed by atoms with Crippen LogP contribution in [-0.4, -0.2) is 61.6 Å². The number of methoxy groups -OCH3 is 1. The minimum atomic E-state index is -4.43. The SMILES string of the molecule is COC(=O)CC(CCCCNC(=O)c1ccc(P(c2ccccc2)c2ccccc2)cc1)NC(=O)c1ccc(NN=Cc2ccccc2S(=O)(=O)O)nc1. The summed E-state index contributed by atoms with van der Waals surface area (Å²) in [6.45, 7) is 0.419. The van der Waals surface area contributed by atoms with E-state index in [1.54, 1.807) is 6.07 Å². The van der Waals surface area contributed by atoms with E-state index in [1.807, 2.05) is 60.7 Å². The molecule has 0 radical (unpaired) electrons. The predicted molar refractivity (Wildman–Crippen MR) is 211 cm³/mol. The van der Waals surface area contributed by atoms with Crippen LogP contribution in [0.15, 0.2) is 138 Å². The molecule has 54 heavy (non-hydrogen) atoms. The lowest BCUT2D eigenvalue weighted by molar-refractivity contribution is -0.141. The molecule has 1 aromatic heterocycles. The number of esters is 1. The first-order chi connectivity index (χ1) is 26.1. The zero-order chi connectivity index (χ0) is 38.3. The molecule has 0 spiro atoms. The molecule has 1 unspecified atom stereocenters. The van der Waals surface area contributed by atoms with Gasteiger partial charge in [-0.2, -0.15) is 13.5 Å². The van der Waals surface area contributed by atoms with Gasteiger partial charge in [-0.3, -0.25) is 24.4 Å². The Bertz CT molecular complexity index is 2110. The van der Waals surface area contributed by atoms with Crippen molar-refractivity contribution in [2.75, 3.05) is 19.1 Å². The van der Waals surface area contributed by atoms with Crippen LogP contribution in [-0.2, 0) is 19.6 Å². The molecule has 1 atom stereocenters. The highest BCUT2D eigenvalue weighted by atomic mass is 32.2. The maximum Gasteiger partial charge on any atom is 0.307 e. The van der Waals surface area contributed by atoms with Crippen LogP contribution < -0.4 is 32.0 Å². The second-order valence-electron chi connectivity index (χ2n) is 12.1. The Morgan fingerprint density at radius 1 is 0.796 bits per heavy atom. The maximum atomic E-state index is 13.0. The Morgan fingerprint density at radius 3 is 2.02 bits per heavy atom. The van der Waals surface area contributed by atoms with Gasteiger partial charge in [0.05, 0.1) is 25.3 Å². The smallest absolute Gasteiger partial charge is 0.307 e. The van der Waals surface area contributed by atoms with Gasteiger partial charge in [0.2, 0.25) is 0 Å². The van der Waals surface area contributed by atoms with Gasteiger partial charge in [0, 0.05) is 29.9 Å². The number of rotatable bonds is 17. The number of carbonyl (C=O) groups is 3. The predicted octanol–water partition coefficient (Wildman–Crippen LogP) is 4.79. The van der Waals surface area contributed by atoms with E-state index in [0.717, 1.165) is 5.30 Å². The number of unbranched alkanes of at least 4 members (excludes halogenated alkanes) is 1. The number of ether oxygens (including phenoxy) is 1. The summed E-state index contributed by atoms with van der Waals surface area (Å²) in [5.41, 5.74) is 3.63. The zero-order valence-electron chi connectivity index (χ0n) is 29.5. The summed E-state index contributed by atoms with van der Waals surface area (Å²) in [5.74, 6) is -0.802. The van der Waals surface area contributed by atoms with Crippen molar-refractivity contribution in [3.05, 3.63) is 144 Å². The van der Waals surface area contributed by atoms with Crippen LogP contribution in [0.3, 0.4) is 0 Å². The molecule has 4 N–H and O–H groups in total. The Hall–Kier alpha value is -5.75. The molecule has 14 heteroatoms. The van der Waals surface area contributed by atoms with Gasteiger partial charge < -0.3 is 15.4 Å². The van der Waals surface area contributed by atoms with Crippen molar-refractivity contribution in [3.63, 3.8) is 0 Å². The standard InChI is InChI=1S/C40H40N5O7PS/c1-52-38(46)26-32(44-40(48)31-21-24-37(42-27-31)45-43-28-30-12-8-9-18-36(30)54(49,50)51)13-10-11-25-41-39(47)29-19-22-35(23-20-29)53(33-14-4-2-5-15-33)34-16-6-3-7-17-34/h2-9,12,14-24,27-28,32H,10-11,13,25-26H2,1H3,(H,41,47)(H,42,45)(H,44,48)(H,49,50,51). The number of nitrogens with one attached hydrogen (secondary N) is 3. The van der Waals surface area contributed by atoms with Gasteiger partial charge in [0.25, 0.3) is 21.9 Å². The van der Waals surface area contributed by atoms with Crippen molar-refractivity contribution in [1.82, 2.24) is 15.6 Å². The summed E-state index contributed by atoms with van der Waals surface area (Å²) >= 11 is 0. The molecular formula is C40H40N5O7PS. The fourth-order valence-corrected chi connectivity index (χ4v) is 8.50. The minimum absolute atomic E-state index is 0.0255. The topological polar surface area (TPSA) is 176 Å². The first-order valence-electron chi connectivity index (χ1n) is 17.1. The van der Waals surface area contributed by atoms with E-state index < -0.39 is 36.0 Å². The maximum absolute atomic E-state index is 13.0. The number of hydrogen-bond donors (Lipinski definition) is 4. The number of amides is 2. The number of hydrazone groups is 1. The van der Waals surface area contributed by atoms with Crippen molar-refractivity contribution in [1.29, 1.82) is 0 Å². The molecule has 5 rings (SSSR count). The summed E-state index contributed by atoms with van der Waals surface area (Å²) in [7, 11) is -3.92. The number of pyridine rings is 1. The average Bonchev–Trinajstić information content (AvgIpc) is 3.19. The van der Waals surface area contributed by atoms with Gasteiger partial charge in [-0.15, -0.1) is 0 Å². The molecule has 0 bridgehead atoms. The van der Waals surface area contributed by atoms with Crippen LogP contribution in [0.25, 0.3) is 0 Å². The molecule has 5 aromatic rings. The highest BCUT2D eigenvalue weighted by Crippen LogP contribution is 2.32. The third-order valence-corrected chi connectivity index (χ3v) is 11.6. The van der Waals surface area contributed by atoms with Gasteiger partial charge in [-0.1, -0.05) is 91.0 Å². The fourth-order valence-electron chi connectivity index (χ4n) is 5.55. The lowest BCUT2D eigenvalue weighted by atomic mass is 10.1. The Balaban J connectivity index is 1.10. The van der Waals surface area contributed by atoms with Crippen LogP contribution in [0.2, 0.25) is 0 Å².